The highest BCUT2D eigenvalue weighted by Gasteiger charge is 2.20. The highest BCUT2D eigenvalue weighted by molar-refractivity contribution is 9.10. The van der Waals surface area contributed by atoms with Crippen LogP contribution in [0.15, 0.2) is 34.9 Å². The molecule has 1 N–H and O–H groups in total. The van der Waals surface area contributed by atoms with E-state index in [4.69, 9.17) is 27.9 Å². The second kappa shape index (κ2) is 6.53. The summed E-state index contributed by atoms with van der Waals surface area (Å²) in [6, 6.07) is 7.84. The molecule has 0 aliphatic heterocycles. The van der Waals surface area contributed by atoms with Gasteiger partial charge in [-0.15, -0.1) is 0 Å². The molecule has 0 amide bonds. The number of rotatable bonds is 5. The Balaban J connectivity index is 1.76. The van der Waals surface area contributed by atoms with Crippen molar-refractivity contribution in [2.45, 2.75) is 25.4 Å². The summed E-state index contributed by atoms with van der Waals surface area (Å²) in [7, 11) is 0. The maximum absolute atomic E-state index is 6.17. The molecule has 1 aromatic carbocycles. The lowest BCUT2D eigenvalue weighted by Crippen LogP contribution is -2.15. The molecule has 2 aromatic rings. The van der Waals surface area contributed by atoms with Crippen molar-refractivity contribution in [3.8, 4) is 11.6 Å². The summed E-state index contributed by atoms with van der Waals surface area (Å²) in [5, 5.41) is 4.72. The van der Waals surface area contributed by atoms with Crippen molar-refractivity contribution in [1.82, 2.24) is 10.3 Å². The molecule has 0 radical (unpaired) electrons. The van der Waals surface area contributed by atoms with Gasteiger partial charge in [0.25, 0.3) is 0 Å². The lowest BCUT2D eigenvalue weighted by Gasteiger charge is -2.10. The van der Waals surface area contributed by atoms with Crippen molar-refractivity contribution < 1.29 is 4.74 Å². The molecule has 110 valence electrons. The maximum atomic E-state index is 6.17. The smallest absolute Gasteiger partial charge is 0.219 e. The highest BCUT2D eigenvalue weighted by atomic mass is 79.9. The van der Waals surface area contributed by atoms with E-state index in [1.807, 2.05) is 6.07 Å². The number of pyridine rings is 1. The SMILES string of the molecule is Clc1ccc(Oc2cc(CNC3CC3)c(Cl)cn2)c(Br)c1. The van der Waals surface area contributed by atoms with Crippen LogP contribution in [0.25, 0.3) is 0 Å². The van der Waals surface area contributed by atoms with Crippen LogP contribution in [0, 0.1) is 0 Å². The van der Waals surface area contributed by atoms with Crippen LogP contribution in [-0.4, -0.2) is 11.0 Å². The summed E-state index contributed by atoms with van der Waals surface area (Å²) in [4.78, 5) is 4.20. The zero-order valence-corrected chi connectivity index (χ0v) is 14.2. The Morgan fingerprint density at radius 3 is 2.81 bits per heavy atom. The zero-order valence-electron chi connectivity index (χ0n) is 11.1. The van der Waals surface area contributed by atoms with E-state index in [2.05, 4.69) is 26.2 Å². The molecule has 1 aliphatic rings. The van der Waals surface area contributed by atoms with E-state index in [1.54, 1.807) is 24.4 Å². The Bertz CT molecular complexity index is 662. The Morgan fingerprint density at radius 1 is 1.29 bits per heavy atom. The fourth-order valence-corrected chi connectivity index (χ4v) is 2.80. The summed E-state index contributed by atoms with van der Waals surface area (Å²) in [5.41, 5.74) is 0.985. The molecule has 0 saturated heterocycles. The fraction of sp³-hybridized carbons (Fsp3) is 0.267. The minimum Gasteiger partial charge on any atom is -0.438 e. The fourth-order valence-electron chi connectivity index (χ4n) is 1.86. The molecule has 0 unspecified atom stereocenters. The molecule has 1 saturated carbocycles. The van der Waals surface area contributed by atoms with Crippen LogP contribution in [0.4, 0.5) is 0 Å². The Kier molecular flexibility index (Phi) is 4.69. The van der Waals surface area contributed by atoms with E-state index in [0.717, 1.165) is 16.6 Å². The van der Waals surface area contributed by atoms with E-state index >= 15 is 0 Å². The van der Waals surface area contributed by atoms with E-state index in [-0.39, 0.29) is 0 Å². The topological polar surface area (TPSA) is 34.1 Å². The molecule has 0 spiro atoms. The van der Waals surface area contributed by atoms with Crippen LogP contribution in [0.1, 0.15) is 18.4 Å². The molecule has 1 heterocycles. The molecule has 1 aliphatic carbocycles. The highest BCUT2D eigenvalue weighted by Crippen LogP contribution is 2.32. The van der Waals surface area contributed by atoms with E-state index in [9.17, 15) is 0 Å². The standard InChI is InChI=1S/C15H13BrCl2N2O/c16-12-6-10(17)1-4-14(12)21-15-5-9(13(18)8-20-15)7-19-11-2-3-11/h1,4-6,8,11,19H,2-3,7H2. The number of ether oxygens (including phenoxy) is 1. The molecule has 1 fully saturated rings. The molecule has 3 rings (SSSR count). The predicted molar refractivity (Wildman–Crippen MR) is 88.3 cm³/mol. The van der Waals surface area contributed by atoms with Gasteiger partial charge in [0.2, 0.25) is 5.88 Å². The van der Waals surface area contributed by atoms with Crippen LogP contribution in [0.3, 0.4) is 0 Å². The quantitative estimate of drug-likeness (QED) is 0.765. The Morgan fingerprint density at radius 2 is 2.10 bits per heavy atom. The lowest BCUT2D eigenvalue weighted by molar-refractivity contribution is 0.459. The van der Waals surface area contributed by atoms with Crippen molar-refractivity contribution in [2.24, 2.45) is 0 Å². The van der Waals surface area contributed by atoms with Gasteiger partial charge >= 0.3 is 0 Å². The minimum atomic E-state index is 0.509. The van der Waals surface area contributed by atoms with Crippen LogP contribution >= 0.6 is 39.1 Å². The molecular formula is C15H13BrCl2N2O. The predicted octanol–water partition coefficient (Wildman–Crippen LogP) is 5.20. The van der Waals surface area contributed by atoms with Gasteiger partial charge in [0.1, 0.15) is 5.75 Å². The van der Waals surface area contributed by atoms with Crippen molar-refractivity contribution >= 4 is 39.1 Å². The minimum absolute atomic E-state index is 0.509. The van der Waals surface area contributed by atoms with E-state index in [0.29, 0.717) is 27.7 Å². The number of nitrogens with zero attached hydrogens (tertiary/aromatic N) is 1. The molecular weight excluding hydrogens is 375 g/mol. The van der Waals surface area contributed by atoms with Crippen molar-refractivity contribution in [2.75, 3.05) is 0 Å². The summed E-state index contributed by atoms with van der Waals surface area (Å²) >= 11 is 15.5. The maximum Gasteiger partial charge on any atom is 0.219 e. The number of benzene rings is 1. The normalized spacial score (nSPS) is 14.2. The molecule has 0 bridgehead atoms. The first-order valence-corrected chi connectivity index (χ1v) is 8.17. The summed E-state index contributed by atoms with van der Waals surface area (Å²) in [6.07, 6.45) is 4.10. The van der Waals surface area contributed by atoms with Crippen LogP contribution in [-0.2, 0) is 6.54 Å². The van der Waals surface area contributed by atoms with Crippen LogP contribution < -0.4 is 10.1 Å². The second-order valence-corrected chi connectivity index (χ2v) is 6.64. The molecule has 1 aromatic heterocycles. The molecule has 0 atom stereocenters. The van der Waals surface area contributed by atoms with Crippen LogP contribution in [0.5, 0.6) is 11.6 Å². The van der Waals surface area contributed by atoms with Gasteiger partial charge in [0.15, 0.2) is 0 Å². The Labute approximate surface area is 141 Å². The second-order valence-electron chi connectivity index (χ2n) is 4.95. The first-order chi connectivity index (χ1) is 10.1. The number of halogens is 3. The number of hydrogen-bond acceptors (Lipinski definition) is 3. The largest absolute Gasteiger partial charge is 0.438 e. The van der Waals surface area contributed by atoms with Gasteiger partial charge in [-0.05, 0) is 52.5 Å². The number of aromatic nitrogens is 1. The van der Waals surface area contributed by atoms with Gasteiger partial charge in [-0.1, -0.05) is 23.2 Å². The lowest BCUT2D eigenvalue weighted by atomic mass is 10.2. The summed E-state index contributed by atoms with van der Waals surface area (Å²) in [5.74, 6) is 1.17. The average Bonchev–Trinajstić information content (AvgIpc) is 3.26. The Hall–Kier alpha value is -0.810. The summed E-state index contributed by atoms with van der Waals surface area (Å²) in [6.45, 7) is 0.726. The van der Waals surface area contributed by atoms with Crippen molar-refractivity contribution in [3.63, 3.8) is 0 Å². The van der Waals surface area contributed by atoms with Crippen molar-refractivity contribution in [3.05, 3.63) is 50.5 Å². The van der Waals surface area contributed by atoms with Gasteiger partial charge in [0, 0.05) is 29.9 Å². The first-order valence-electron chi connectivity index (χ1n) is 6.62. The monoisotopic (exact) mass is 386 g/mol. The molecule has 21 heavy (non-hydrogen) atoms. The van der Waals surface area contributed by atoms with Gasteiger partial charge in [-0.2, -0.15) is 0 Å². The van der Waals surface area contributed by atoms with Gasteiger partial charge in [-0.3, -0.25) is 0 Å². The third kappa shape index (κ3) is 4.10. The molecule has 6 heteroatoms. The zero-order chi connectivity index (χ0) is 14.8. The van der Waals surface area contributed by atoms with E-state index in [1.165, 1.54) is 12.8 Å². The van der Waals surface area contributed by atoms with Crippen LogP contribution in [0.2, 0.25) is 10.0 Å². The van der Waals surface area contributed by atoms with Gasteiger partial charge < -0.3 is 10.1 Å². The number of nitrogens with one attached hydrogen (secondary N) is 1. The third-order valence-electron chi connectivity index (χ3n) is 3.18. The van der Waals surface area contributed by atoms with E-state index < -0.39 is 0 Å². The first kappa shape index (κ1) is 15.1. The number of hydrogen-bond donors (Lipinski definition) is 1. The van der Waals surface area contributed by atoms with Gasteiger partial charge in [-0.25, -0.2) is 4.98 Å². The third-order valence-corrected chi connectivity index (χ3v) is 4.37. The molecule has 3 nitrogen and oxygen atoms in total. The van der Waals surface area contributed by atoms with Gasteiger partial charge in [0.05, 0.1) is 9.50 Å². The summed E-state index contributed by atoms with van der Waals surface area (Å²) < 4.78 is 6.56. The van der Waals surface area contributed by atoms with Crippen molar-refractivity contribution in [1.29, 1.82) is 0 Å². The average molecular weight is 388 g/mol.